The van der Waals surface area contributed by atoms with Crippen molar-refractivity contribution in [3.05, 3.63) is 84.5 Å². The summed E-state index contributed by atoms with van der Waals surface area (Å²) in [4.78, 5) is 16.5. The standard InChI is InChI=1S/C21H18N4O3/c1-27-18-10-4-15(5-11-18)14-22-20(26)21-23-19(24-28-21)16-6-8-17(9-7-16)25-12-2-3-13-25/h2-13H,14H2,1H3,(H,22,26). The van der Waals surface area contributed by atoms with E-state index in [0.29, 0.717) is 12.4 Å². The number of nitrogens with zero attached hydrogens (tertiary/aromatic N) is 3. The number of nitrogens with one attached hydrogen (secondary N) is 1. The van der Waals surface area contributed by atoms with Gasteiger partial charge in [0.05, 0.1) is 7.11 Å². The zero-order valence-corrected chi connectivity index (χ0v) is 15.2. The van der Waals surface area contributed by atoms with E-state index >= 15 is 0 Å². The maximum atomic E-state index is 12.3. The largest absolute Gasteiger partial charge is 0.497 e. The van der Waals surface area contributed by atoms with Gasteiger partial charge in [0, 0.05) is 30.2 Å². The minimum atomic E-state index is -0.418. The van der Waals surface area contributed by atoms with E-state index in [1.165, 1.54) is 0 Å². The lowest BCUT2D eigenvalue weighted by atomic mass is 10.2. The van der Waals surface area contributed by atoms with Crippen LogP contribution in [0.25, 0.3) is 17.1 Å². The van der Waals surface area contributed by atoms with Crippen molar-refractivity contribution in [2.45, 2.75) is 6.54 Å². The third-order valence-corrected chi connectivity index (χ3v) is 4.26. The molecule has 0 aliphatic heterocycles. The Morgan fingerprint density at radius 3 is 2.46 bits per heavy atom. The van der Waals surface area contributed by atoms with Gasteiger partial charge in [0.15, 0.2) is 0 Å². The molecule has 2 aromatic heterocycles. The van der Waals surface area contributed by atoms with E-state index in [9.17, 15) is 4.79 Å². The molecule has 140 valence electrons. The third kappa shape index (κ3) is 3.78. The van der Waals surface area contributed by atoms with Gasteiger partial charge in [-0.3, -0.25) is 4.79 Å². The van der Waals surface area contributed by atoms with E-state index in [2.05, 4.69) is 15.5 Å². The van der Waals surface area contributed by atoms with Crippen molar-refractivity contribution >= 4 is 5.91 Å². The summed E-state index contributed by atoms with van der Waals surface area (Å²) in [6.07, 6.45) is 3.93. The first kappa shape index (κ1) is 17.5. The normalized spacial score (nSPS) is 10.6. The summed E-state index contributed by atoms with van der Waals surface area (Å²) in [5.41, 5.74) is 2.73. The van der Waals surface area contributed by atoms with Gasteiger partial charge in [-0.05, 0) is 54.1 Å². The number of rotatable bonds is 6. The van der Waals surface area contributed by atoms with E-state index in [1.54, 1.807) is 7.11 Å². The molecule has 0 radical (unpaired) electrons. The Morgan fingerprint density at radius 2 is 1.79 bits per heavy atom. The molecular weight excluding hydrogens is 356 g/mol. The predicted molar refractivity (Wildman–Crippen MR) is 103 cm³/mol. The summed E-state index contributed by atoms with van der Waals surface area (Å²) < 4.78 is 12.2. The minimum absolute atomic E-state index is 0.0713. The Morgan fingerprint density at radius 1 is 1.07 bits per heavy atom. The Bertz CT molecular complexity index is 1050. The van der Waals surface area contributed by atoms with Crippen LogP contribution in [-0.2, 0) is 6.54 Å². The molecule has 4 rings (SSSR count). The van der Waals surface area contributed by atoms with E-state index in [1.807, 2.05) is 77.6 Å². The summed E-state index contributed by atoms with van der Waals surface area (Å²) in [7, 11) is 1.61. The van der Waals surface area contributed by atoms with E-state index in [0.717, 1.165) is 22.6 Å². The maximum absolute atomic E-state index is 12.3. The second kappa shape index (κ2) is 7.79. The molecule has 0 saturated heterocycles. The fraction of sp³-hybridized carbons (Fsp3) is 0.0952. The smallest absolute Gasteiger partial charge is 0.316 e. The van der Waals surface area contributed by atoms with Crippen LogP contribution in [0.5, 0.6) is 5.75 Å². The highest BCUT2D eigenvalue weighted by atomic mass is 16.5. The van der Waals surface area contributed by atoms with Crippen LogP contribution in [0.3, 0.4) is 0 Å². The van der Waals surface area contributed by atoms with Crippen LogP contribution in [0, 0.1) is 0 Å². The molecule has 1 N–H and O–H groups in total. The molecule has 28 heavy (non-hydrogen) atoms. The van der Waals surface area contributed by atoms with Crippen LogP contribution in [0.4, 0.5) is 0 Å². The number of methoxy groups -OCH3 is 1. The molecule has 0 aliphatic carbocycles. The van der Waals surface area contributed by atoms with Crippen LogP contribution in [0.1, 0.15) is 16.2 Å². The van der Waals surface area contributed by atoms with Crippen molar-refractivity contribution in [2.75, 3.05) is 7.11 Å². The van der Waals surface area contributed by atoms with Crippen LogP contribution < -0.4 is 10.1 Å². The number of hydrogen-bond acceptors (Lipinski definition) is 5. The summed E-state index contributed by atoms with van der Waals surface area (Å²) in [6, 6.07) is 19.0. The molecular formula is C21H18N4O3. The van der Waals surface area contributed by atoms with Crippen molar-refractivity contribution in [3.8, 4) is 22.8 Å². The molecule has 0 aliphatic rings. The van der Waals surface area contributed by atoms with Crippen LogP contribution in [0.15, 0.2) is 77.6 Å². The lowest BCUT2D eigenvalue weighted by Gasteiger charge is -2.04. The average Bonchev–Trinajstić information content (AvgIpc) is 3.45. The number of aromatic nitrogens is 3. The maximum Gasteiger partial charge on any atom is 0.316 e. The Hall–Kier alpha value is -3.87. The number of benzene rings is 2. The summed E-state index contributed by atoms with van der Waals surface area (Å²) in [5, 5.41) is 6.67. The molecule has 7 heteroatoms. The highest BCUT2D eigenvalue weighted by Crippen LogP contribution is 2.18. The summed E-state index contributed by atoms with van der Waals surface area (Å²) >= 11 is 0. The fourth-order valence-electron chi connectivity index (χ4n) is 2.72. The number of ether oxygens (including phenoxy) is 1. The van der Waals surface area contributed by atoms with Crippen LogP contribution in [0.2, 0.25) is 0 Å². The Labute approximate surface area is 161 Å². The van der Waals surface area contributed by atoms with Gasteiger partial charge in [0.2, 0.25) is 5.82 Å². The molecule has 1 amide bonds. The van der Waals surface area contributed by atoms with Crippen molar-refractivity contribution in [2.24, 2.45) is 0 Å². The molecule has 7 nitrogen and oxygen atoms in total. The van der Waals surface area contributed by atoms with Gasteiger partial charge in [-0.25, -0.2) is 0 Å². The van der Waals surface area contributed by atoms with Crippen LogP contribution >= 0.6 is 0 Å². The second-order valence-corrected chi connectivity index (χ2v) is 6.09. The van der Waals surface area contributed by atoms with Crippen LogP contribution in [-0.4, -0.2) is 27.7 Å². The van der Waals surface area contributed by atoms with Crippen molar-refractivity contribution in [1.29, 1.82) is 0 Å². The quantitative estimate of drug-likeness (QED) is 0.559. The highest BCUT2D eigenvalue weighted by Gasteiger charge is 2.16. The monoisotopic (exact) mass is 374 g/mol. The molecule has 0 bridgehead atoms. The van der Waals surface area contributed by atoms with Gasteiger partial charge < -0.3 is 19.1 Å². The molecule has 2 aromatic carbocycles. The highest BCUT2D eigenvalue weighted by molar-refractivity contribution is 5.89. The molecule has 0 spiro atoms. The Balaban J connectivity index is 1.41. The molecule has 0 saturated carbocycles. The molecule has 0 atom stereocenters. The van der Waals surface area contributed by atoms with E-state index in [4.69, 9.17) is 9.26 Å². The van der Waals surface area contributed by atoms with Gasteiger partial charge in [-0.1, -0.05) is 17.3 Å². The zero-order chi connectivity index (χ0) is 19.3. The number of amides is 1. The van der Waals surface area contributed by atoms with Gasteiger partial charge in [0.1, 0.15) is 5.75 Å². The molecule has 4 aromatic rings. The molecule has 0 fully saturated rings. The number of hydrogen-bond donors (Lipinski definition) is 1. The summed E-state index contributed by atoms with van der Waals surface area (Å²) in [5.74, 6) is 0.643. The number of carbonyl (C=O) groups excluding carboxylic acids is 1. The zero-order valence-electron chi connectivity index (χ0n) is 15.2. The topological polar surface area (TPSA) is 82.2 Å². The van der Waals surface area contributed by atoms with Crippen molar-refractivity contribution in [3.63, 3.8) is 0 Å². The number of carbonyl (C=O) groups is 1. The third-order valence-electron chi connectivity index (χ3n) is 4.26. The van der Waals surface area contributed by atoms with Crippen molar-refractivity contribution in [1.82, 2.24) is 20.0 Å². The lowest BCUT2D eigenvalue weighted by molar-refractivity contribution is 0.0907. The van der Waals surface area contributed by atoms with Gasteiger partial charge >= 0.3 is 11.8 Å². The lowest BCUT2D eigenvalue weighted by Crippen LogP contribution is -2.23. The van der Waals surface area contributed by atoms with E-state index < -0.39 is 5.91 Å². The first-order valence-electron chi connectivity index (χ1n) is 8.71. The Kier molecular flexibility index (Phi) is 4.88. The SMILES string of the molecule is COc1ccc(CNC(=O)c2nc(-c3ccc(-n4cccc4)cc3)no2)cc1. The minimum Gasteiger partial charge on any atom is -0.497 e. The molecule has 2 heterocycles. The van der Waals surface area contributed by atoms with Gasteiger partial charge in [-0.15, -0.1) is 0 Å². The average molecular weight is 374 g/mol. The first-order chi connectivity index (χ1) is 13.7. The first-order valence-corrected chi connectivity index (χ1v) is 8.71. The molecule has 0 unspecified atom stereocenters. The van der Waals surface area contributed by atoms with Crippen molar-refractivity contribution < 1.29 is 14.1 Å². The van der Waals surface area contributed by atoms with E-state index in [-0.39, 0.29) is 5.89 Å². The fourth-order valence-corrected chi connectivity index (χ4v) is 2.72. The van der Waals surface area contributed by atoms with Gasteiger partial charge in [-0.2, -0.15) is 4.98 Å². The predicted octanol–water partition coefficient (Wildman–Crippen LogP) is 3.47. The summed E-state index contributed by atoms with van der Waals surface area (Å²) in [6.45, 7) is 0.353. The van der Waals surface area contributed by atoms with Gasteiger partial charge in [0.25, 0.3) is 0 Å². The second-order valence-electron chi connectivity index (χ2n) is 6.09.